The number of likely N-dealkylation sites (tertiary alicyclic amines) is 1. The fourth-order valence-corrected chi connectivity index (χ4v) is 5.26. The molecule has 2 aromatic carbocycles. The molecule has 1 fully saturated rings. The number of H-pyrrole nitrogens is 1. The molecule has 0 aliphatic carbocycles. The second-order valence-electron chi connectivity index (χ2n) is 8.56. The number of nitrogens with zero attached hydrogens (tertiary/aromatic N) is 4. The first-order valence-electron chi connectivity index (χ1n) is 11.4. The molecule has 1 aliphatic rings. The lowest BCUT2D eigenvalue weighted by atomic mass is 10.0. The maximum atomic E-state index is 13.1. The van der Waals surface area contributed by atoms with E-state index in [4.69, 9.17) is 11.6 Å². The summed E-state index contributed by atoms with van der Waals surface area (Å²) in [5, 5.41) is 0.654. The van der Waals surface area contributed by atoms with Crippen LogP contribution in [0.3, 0.4) is 0 Å². The van der Waals surface area contributed by atoms with Crippen molar-refractivity contribution in [2.24, 2.45) is 0 Å². The van der Waals surface area contributed by atoms with Gasteiger partial charge in [0.1, 0.15) is 0 Å². The molecule has 0 bridgehead atoms. The molecule has 168 valence electrons. The molecule has 3 heterocycles. The van der Waals surface area contributed by atoms with Gasteiger partial charge in [0.25, 0.3) is 0 Å². The van der Waals surface area contributed by atoms with E-state index in [-0.39, 0.29) is 17.4 Å². The number of aromatic nitrogens is 4. The zero-order chi connectivity index (χ0) is 22.2. The number of hydrogen-bond acceptors (Lipinski definition) is 3. The van der Waals surface area contributed by atoms with Gasteiger partial charge in [0.05, 0.1) is 22.1 Å². The molecule has 0 saturated carbocycles. The van der Waals surface area contributed by atoms with Crippen molar-refractivity contribution >= 4 is 33.7 Å². The lowest BCUT2D eigenvalue weighted by Gasteiger charge is -2.32. The Morgan fingerprint density at radius 3 is 2.53 bits per heavy atom. The standard InChI is InChI=1S/C24H28ClN5O2/c1-2-28-22-16-17(25)8-9-21(22)30(24(28)32)18-10-14-27(15-11-18)12-5-13-29-20-7-4-3-6-19(20)26-23(29)31/h3-4,6-9,16,18H,2,5,10-15H2,1H3,(H,26,31). The number of rotatable bonds is 6. The number of halogens is 1. The monoisotopic (exact) mass is 453 g/mol. The molecule has 4 aromatic rings. The van der Waals surface area contributed by atoms with Gasteiger partial charge in [-0.25, -0.2) is 9.59 Å². The summed E-state index contributed by atoms with van der Waals surface area (Å²) in [4.78, 5) is 30.7. The van der Waals surface area contributed by atoms with Gasteiger partial charge < -0.3 is 9.88 Å². The minimum atomic E-state index is -0.0447. The molecule has 1 aliphatic heterocycles. The predicted octanol–water partition coefficient (Wildman–Crippen LogP) is 3.85. The van der Waals surface area contributed by atoms with E-state index in [1.54, 1.807) is 0 Å². The average Bonchev–Trinajstić information content (AvgIpc) is 3.26. The highest BCUT2D eigenvalue weighted by atomic mass is 35.5. The highest BCUT2D eigenvalue weighted by Crippen LogP contribution is 2.27. The summed E-state index contributed by atoms with van der Waals surface area (Å²) in [7, 11) is 0. The van der Waals surface area contributed by atoms with Crippen molar-refractivity contribution in [3.8, 4) is 0 Å². The number of imidazole rings is 2. The summed E-state index contributed by atoms with van der Waals surface area (Å²) in [6.45, 7) is 6.17. The van der Waals surface area contributed by atoms with Crippen molar-refractivity contribution in [1.82, 2.24) is 23.6 Å². The first kappa shape index (κ1) is 21.1. The van der Waals surface area contributed by atoms with Crippen LogP contribution in [0.2, 0.25) is 5.02 Å². The summed E-state index contributed by atoms with van der Waals surface area (Å²) >= 11 is 6.19. The van der Waals surface area contributed by atoms with Gasteiger partial charge in [0, 0.05) is 37.2 Å². The van der Waals surface area contributed by atoms with Crippen molar-refractivity contribution in [1.29, 1.82) is 0 Å². The van der Waals surface area contributed by atoms with Crippen LogP contribution in [0.4, 0.5) is 0 Å². The minimum absolute atomic E-state index is 0.0447. The third-order valence-electron chi connectivity index (χ3n) is 6.70. The van der Waals surface area contributed by atoms with E-state index in [0.717, 1.165) is 61.0 Å². The maximum absolute atomic E-state index is 13.1. The normalized spacial score (nSPS) is 15.8. The zero-order valence-electron chi connectivity index (χ0n) is 18.3. The molecule has 7 nitrogen and oxygen atoms in total. The molecule has 0 atom stereocenters. The second kappa shape index (κ2) is 8.64. The number of fused-ring (bicyclic) bond motifs is 2. The SMILES string of the molecule is CCn1c(=O)n(C2CCN(CCCn3c(=O)[nH]c4ccccc43)CC2)c2ccc(Cl)cc21. The molecule has 8 heteroatoms. The van der Waals surface area contributed by atoms with E-state index < -0.39 is 0 Å². The Morgan fingerprint density at radius 2 is 1.75 bits per heavy atom. The minimum Gasteiger partial charge on any atom is -0.306 e. The average molecular weight is 454 g/mol. The number of para-hydroxylation sites is 2. The Hall–Kier alpha value is -2.77. The van der Waals surface area contributed by atoms with Gasteiger partial charge in [-0.3, -0.25) is 13.7 Å². The topological polar surface area (TPSA) is 68.0 Å². The lowest BCUT2D eigenvalue weighted by molar-refractivity contribution is 0.182. The Morgan fingerprint density at radius 1 is 0.969 bits per heavy atom. The highest BCUT2D eigenvalue weighted by Gasteiger charge is 2.25. The van der Waals surface area contributed by atoms with Crippen molar-refractivity contribution in [3.05, 3.63) is 68.5 Å². The van der Waals surface area contributed by atoms with Crippen LogP contribution in [0.5, 0.6) is 0 Å². The number of aromatic amines is 1. The van der Waals surface area contributed by atoms with E-state index >= 15 is 0 Å². The van der Waals surface area contributed by atoms with E-state index in [2.05, 4.69) is 9.88 Å². The van der Waals surface area contributed by atoms with E-state index in [1.807, 2.05) is 63.1 Å². The van der Waals surface area contributed by atoms with Gasteiger partial charge >= 0.3 is 11.4 Å². The summed E-state index contributed by atoms with van der Waals surface area (Å²) in [6.07, 6.45) is 2.80. The number of aryl methyl sites for hydroxylation is 2. The molecular formula is C24H28ClN5O2. The Balaban J connectivity index is 1.24. The molecule has 0 amide bonds. The number of piperidine rings is 1. The van der Waals surface area contributed by atoms with Gasteiger partial charge in [0.2, 0.25) is 0 Å². The fourth-order valence-electron chi connectivity index (χ4n) is 5.09. The van der Waals surface area contributed by atoms with Gasteiger partial charge in [-0.15, -0.1) is 0 Å². The molecule has 0 spiro atoms. The van der Waals surface area contributed by atoms with Gasteiger partial charge in [-0.2, -0.15) is 0 Å². The van der Waals surface area contributed by atoms with Crippen molar-refractivity contribution in [2.75, 3.05) is 19.6 Å². The fraction of sp³-hybridized carbons (Fsp3) is 0.417. The Kier molecular flexibility index (Phi) is 5.69. The molecule has 1 saturated heterocycles. The molecular weight excluding hydrogens is 426 g/mol. The summed E-state index contributed by atoms with van der Waals surface area (Å²) in [5.41, 5.74) is 3.74. The Bertz CT molecular complexity index is 1370. The summed E-state index contributed by atoms with van der Waals surface area (Å²) < 4.78 is 5.61. The van der Waals surface area contributed by atoms with Crippen molar-refractivity contribution in [3.63, 3.8) is 0 Å². The number of hydrogen-bond donors (Lipinski definition) is 1. The van der Waals surface area contributed by atoms with E-state index in [0.29, 0.717) is 18.1 Å². The molecule has 5 rings (SSSR count). The molecule has 2 aromatic heterocycles. The largest absolute Gasteiger partial charge is 0.329 e. The van der Waals surface area contributed by atoms with Crippen LogP contribution in [0.15, 0.2) is 52.1 Å². The molecule has 1 N–H and O–H groups in total. The number of benzene rings is 2. The van der Waals surface area contributed by atoms with E-state index in [1.165, 1.54) is 0 Å². The smallest absolute Gasteiger partial charge is 0.306 e. The summed E-state index contributed by atoms with van der Waals surface area (Å²) in [6, 6.07) is 13.7. The van der Waals surface area contributed by atoms with Gasteiger partial charge in [-0.1, -0.05) is 23.7 Å². The lowest BCUT2D eigenvalue weighted by Crippen LogP contribution is -2.38. The summed E-state index contributed by atoms with van der Waals surface area (Å²) in [5.74, 6) is 0. The van der Waals surface area contributed by atoms with Crippen LogP contribution in [0.1, 0.15) is 32.2 Å². The van der Waals surface area contributed by atoms with Crippen LogP contribution < -0.4 is 11.4 Å². The maximum Gasteiger partial charge on any atom is 0.329 e. The first-order valence-corrected chi connectivity index (χ1v) is 11.7. The predicted molar refractivity (Wildman–Crippen MR) is 129 cm³/mol. The van der Waals surface area contributed by atoms with Gasteiger partial charge in [-0.05, 0) is 63.1 Å². The van der Waals surface area contributed by atoms with Crippen molar-refractivity contribution in [2.45, 2.75) is 45.3 Å². The van der Waals surface area contributed by atoms with Crippen LogP contribution >= 0.6 is 11.6 Å². The van der Waals surface area contributed by atoms with Gasteiger partial charge in [0.15, 0.2) is 0 Å². The van der Waals surface area contributed by atoms with Crippen molar-refractivity contribution < 1.29 is 0 Å². The molecule has 0 unspecified atom stereocenters. The quantitative estimate of drug-likeness (QED) is 0.482. The zero-order valence-corrected chi connectivity index (χ0v) is 19.0. The van der Waals surface area contributed by atoms with Crippen LogP contribution in [0.25, 0.3) is 22.1 Å². The Labute approximate surface area is 190 Å². The second-order valence-corrected chi connectivity index (χ2v) is 8.99. The van der Waals surface area contributed by atoms with E-state index in [9.17, 15) is 9.59 Å². The van der Waals surface area contributed by atoms with Crippen LogP contribution in [-0.2, 0) is 13.1 Å². The molecule has 0 radical (unpaired) electrons. The van der Waals surface area contributed by atoms with Crippen LogP contribution in [-0.4, -0.2) is 43.2 Å². The highest BCUT2D eigenvalue weighted by molar-refractivity contribution is 6.31. The van der Waals surface area contributed by atoms with Crippen LogP contribution in [0, 0.1) is 0 Å². The first-order chi connectivity index (χ1) is 15.6. The third-order valence-corrected chi connectivity index (χ3v) is 6.94. The third kappa shape index (κ3) is 3.69. The number of nitrogens with one attached hydrogen (secondary N) is 1. The molecule has 32 heavy (non-hydrogen) atoms.